The van der Waals surface area contributed by atoms with Gasteiger partial charge in [-0.1, -0.05) is 20.3 Å². The lowest BCUT2D eigenvalue weighted by Gasteiger charge is -2.20. The van der Waals surface area contributed by atoms with E-state index in [1.165, 1.54) is 12.1 Å². The summed E-state index contributed by atoms with van der Waals surface area (Å²) in [6.45, 7) is 4.61. The fraction of sp³-hybridized carbons (Fsp3) is 0.400. The Hall–Kier alpha value is -3.36. The lowest BCUT2D eigenvalue weighted by Crippen LogP contribution is -2.48. The zero-order chi connectivity index (χ0) is 21.6. The Kier molecular flexibility index (Phi) is 7.35. The Bertz CT molecular complexity index is 967. The minimum absolute atomic E-state index is 0.243. The first kappa shape index (κ1) is 21.9. The van der Waals surface area contributed by atoms with Crippen LogP contribution in [-0.4, -0.2) is 42.1 Å². The average Bonchev–Trinajstić information content (AvgIpc) is 2.67. The maximum atomic E-state index is 11.9. The largest absolute Gasteiger partial charge is 0.484 e. The van der Waals surface area contributed by atoms with E-state index in [0.29, 0.717) is 17.8 Å². The smallest absolute Gasteiger partial charge is 0.336 e. The molecule has 3 N–H and O–H groups in total. The van der Waals surface area contributed by atoms with Crippen LogP contribution in [0.25, 0.3) is 11.0 Å². The first-order valence-corrected chi connectivity index (χ1v) is 9.17. The summed E-state index contributed by atoms with van der Waals surface area (Å²) in [4.78, 5) is 46.5. The van der Waals surface area contributed by atoms with Crippen molar-refractivity contribution in [2.45, 2.75) is 33.2 Å². The van der Waals surface area contributed by atoms with Crippen molar-refractivity contribution in [1.82, 2.24) is 10.6 Å². The molecule has 0 saturated heterocycles. The van der Waals surface area contributed by atoms with Gasteiger partial charge in [-0.05, 0) is 30.5 Å². The Morgan fingerprint density at radius 2 is 1.93 bits per heavy atom. The second-order valence-electron chi connectivity index (χ2n) is 6.74. The van der Waals surface area contributed by atoms with Gasteiger partial charge in [-0.15, -0.1) is 0 Å². The second-order valence-corrected chi connectivity index (χ2v) is 6.74. The van der Waals surface area contributed by atoms with E-state index in [0.717, 1.165) is 10.9 Å². The number of carboxylic acids is 1. The van der Waals surface area contributed by atoms with Crippen LogP contribution in [-0.2, 0) is 14.4 Å². The standard InChI is InChI=1S/C20H24N2O7/c1-4-11(2)19(20(26)27)22-16(23)9-21-17(24)10-28-13-5-6-14-12(3)7-18(25)29-15(14)8-13/h5-8,11,19H,4,9-10H2,1-3H3,(H,21,24)(H,22,23)(H,26,27)/t11-,19+/m0/s1. The van der Waals surface area contributed by atoms with E-state index >= 15 is 0 Å². The molecule has 1 aromatic carbocycles. The van der Waals surface area contributed by atoms with Crippen LogP contribution in [0.15, 0.2) is 33.5 Å². The van der Waals surface area contributed by atoms with Crippen LogP contribution in [0, 0.1) is 12.8 Å². The van der Waals surface area contributed by atoms with Gasteiger partial charge in [0.25, 0.3) is 5.91 Å². The molecule has 0 aliphatic heterocycles. The maximum Gasteiger partial charge on any atom is 0.336 e. The van der Waals surface area contributed by atoms with E-state index in [-0.39, 0.29) is 19.1 Å². The molecule has 29 heavy (non-hydrogen) atoms. The lowest BCUT2D eigenvalue weighted by atomic mass is 9.99. The van der Waals surface area contributed by atoms with Gasteiger partial charge in [0, 0.05) is 17.5 Å². The van der Waals surface area contributed by atoms with E-state index < -0.39 is 29.5 Å². The van der Waals surface area contributed by atoms with Crippen LogP contribution in [0.1, 0.15) is 25.8 Å². The van der Waals surface area contributed by atoms with Crippen LogP contribution in [0.4, 0.5) is 0 Å². The lowest BCUT2D eigenvalue weighted by molar-refractivity contribution is -0.143. The molecular formula is C20H24N2O7. The summed E-state index contributed by atoms with van der Waals surface area (Å²) in [6, 6.07) is 5.23. The molecule has 0 aliphatic rings. The van der Waals surface area contributed by atoms with E-state index in [1.54, 1.807) is 26.0 Å². The molecule has 1 aromatic heterocycles. The Morgan fingerprint density at radius 3 is 2.59 bits per heavy atom. The van der Waals surface area contributed by atoms with Crippen molar-refractivity contribution in [1.29, 1.82) is 0 Å². The summed E-state index contributed by atoms with van der Waals surface area (Å²) >= 11 is 0. The molecule has 0 unspecified atom stereocenters. The minimum atomic E-state index is -1.12. The van der Waals surface area contributed by atoms with Crippen LogP contribution in [0.3, 0.4) is 0 Å². The Balaban J connectivity index is 1.87. The molecule has 0 radical (unpaired) electrons. The monoisotopic (exact) mass is 404 g/mol. The predicted molar refractivity (Wildman–Crippen MR) is 105 cm³/mol. The molecule has 9 heteroatoms. The third-order valence-electron chi connectivity index (χ3n) is 4.53. The zero-order valence-corrected chi connectivity index (χ0v) is 16.5. The molecule has 2 atom stereocenters. The molecule has 2 amide bonds. The highest BCUT2D eigenvalue weighted by molar-refractivity contribution is 5.88. The van der Waals surface area contributed by atoms with Gasteiger partial charge in [0.2, 0.25) is 5.91 Å². The van der Waals surface area contributed by atoms with Gasteiger partial charge in [0.05, 0.1) is 6.54 Å². The number of rotatable bonds is 9. The summed E-state index contributed by atoms with van der Waals surface area (Å²) < 4.78 is 10.5. The van der Waals surface area contributed by atoms with E-state index in [1.807, 2.05) is 6.92 Å². The van der Waals surface area contributed by atoms with Crippen molar-refractivity contribution in [2.75, 3.05) is 13.2 Å². The molecular weight excluding hydrogens is 380 g/mol. The number of carboxylic acid groups (broad SMARTS) is 1. The van der Waals surface area contributed by atoms with Crippen molar-refractivity contribution in [3.8, 4) is 5.75 Å². The van der Waals surface area contributed by atoms with E-state index in [2.05, 4.69) is 10.6 Å². The maximum absolute atomic E-state index is 11.9. The summed E-state index contributed by atoms with van der Waals surface area (Å²) in [7, 11) is 0. The van der Waals surface area contributed by atoms with E-state index in [9.17, 15) is 24.3 Å². The topological polar surface area (TPSA) is 135 Å². The number of ether oxygens (including phenoxy) is 1. The first-order chi connectivity index (χ1) is 13.7. The molecule has 156 valence electrons. The third kappa shape index (κ3) is 6.06. The predicted octanol–water partition coefficient (Wildman–Crippen LogP) is 1.21. The van der Waals surface area contributed by atoms with Crippen LogP contribution in [0.5, 0.6) is 5.75 Å². The van der Waals surface area contributed by atoms with Crippen LogP contribution >= 0.6 is 0 Å². The Morgan fingerprint density at radius 1 is 1.21 bits per heavy atom. The van der Waals surface area contributed by atoms with Gasteiger partial charge in [-0.3, -0.25) is 9.59 Å². The molecule has 2 rings (SSSR count). The van der Waals surface area contributed by atoms with Gasteiger partial charge < -0.3 is 24.9 Å². The number of carbonyl (C=O) groups is 3. The van der Waals surface area contributed by atoms with Crippen molar-refractivity contribution in [2.24, 2.45) is 5.92 Å². The van der Waals surface area contributed by atoms with Gasteiger partial charge in [-0.25, -0.2) is 9.59 Å². The fourth-order valence-electron chi connectivity index (χ4n) is 2.68. The Labute approximate surface area is 167 Å². The summed E-state index contributed by atoms with van der Waals surface area (Å²) in [5, 5.41) is 14.7. The number of carbonyl (C=O) groups excluding carboxylic acids is 2. The van der Waals surface area contributed by atoms with Crippen molar-refractivity contribution in [3.05, 3.63) is 40.2 Å². The third-order valence-corrected chi connectivity index (χ3v) is 4.53. The number of amides is 2. The first-order valence-electron chi connectivity index (χ1n) is 9.17. The highest BCUT2D eigenvalue weighted by Gasteiger charge is 2.25. The van der Waals surface area contributed by atoms with Crippen molar-refractivity contribution in [3.63, 3.8) is 0 Å². The van der Waals surface area contributed by atoms with Crippen LogP contribution in [0.2, 0.25) is 0 Å². The van der Waals surface area contributed by atoms with Gasteiger partial charge in [0.15, 0.2) is 6.61 Å². The zero-order valence-electron chi connectivity index (χ0n) is 16.5. The highest BCUT2D eigenvalue weighted by atomic mass is 16.5. The summed E-state index contributed by atoms with van der Waals surface area (Å²) in [5.41, 5.74) is 0.633. The quantitative estimate of drug-likeness (QED) is 0.535. The molecule has 9 nitrogen and oxygen atoms in total. The fourth-order valence-corrected chi connectivity index (χ4v) is 2.68. The number of benzene rings is 1. The van der Waals surface area contributed by atoms with Crippen molar-refractivity contribution < 1.29 is 28.6 Å². The number of aryl methyl sites for hydroxylation is 1. The SMILES string of the molecule is CC[C@H](C)[C@@H](NC(=O)CNC(=O)COc1ccc2c(C)cc(=O)oc2c1)C(=O)O. The average molecular weight is 404 g/mol. The molecule has 0 spiro atoms. The molecule has 0 aliphatic carbocycles. The molecule has 1 heterocycles. The molecule has 0 fully saturated rings. The van der Waals surface area contributed by atoms with Gasteiger partial charge >= 0.3 is 11.6 Å². The van der Waals surface area contributed by atoms with Crippen molar-refractivity contribution >= 4 is 28.8 Å². The number of hydrogen-bond donors (Lipinski definition) is 3. The summed E-state index contributed by atoms with van der Waals surface area (Å²) in [6.07, 6.45) is 0.586. The van der Waals surface area contributed by atoms with Gasteiger partial charge in [0.1, 0.15) is 17.4 Å². The molecule has 0 saturated carbocycles. The number of hydrogen-bond acceptors (Lipinski definition) is 6. The van der Waals surface area contributed by atoms with Crippen LogP contribution < -0.4 is 21.0 Å². The number of fused-ring (bicyclic) bond motifs is 1. The molecule has 0 bridgehead atoms. The summed E-state index contributed by atoms with van der Waals surface area (Å²) in [5.74, 6) is -2.20. The van der Waals surface area contributed by atoms with E-state index in [4.69, 9.17) is 9.15 Å². The number of aliphatic carboxylic acids is 1. The minimum Gasteiger partial charge on any atom is -0.484 e. The number of nitrogens with one attached hydrogen (secondary N) is 2. The second kappa shape index (κ2) is 9.72. The normalized spacial score (nSPS) is 12.8. The van der Waals surface area contributed by atoms with Gasteiger partial charge in [-0.2, -0.15) is 0 Å². The molecule has 2 aromatic rings. The highest BCUT2D eigenvalue weighted by Crippen LogP contribution is 2.22.